The van der Waals surface area contributed by atoms with E-state index in [1.165, 1.54) is 21.8 Å². The van der Waals surface area contributed by atoms with Crippen molar-refractivity contribution >= 4 is 38.0 Å². The van der Waals surface area contributed by atoms with E-state index in [1.807, 2.05) is 12.3 Å². The van der Waals surface area contributed by atoms with E-state index in [9.17, 15) is 0 Å². The van der Waals surface area contributed by atoms with Crippen LogP contribution >= 0.6 is 22.7 Å². The Balaban J connectivity index is 1.61. The molecule has 104 valence electrons. The number of thiazole rings is 2. The highest BCUT2D eigenvalue weighted by atomic mass is 32.1. The Kier molecular flexibility index (Phi) is 3.95. The number of hydrogen-bond donors (Lipinski definition) is 2. The minimum Gasteiger partial charge on any atom is -0.375 e. The first-order valence-corrected chi connectivity index (χ1v) is 8.17. The number of rotatable bonds is 5. The molecule has 0 spiro atoms. The number of hydrogen-bond acceptors (Lipinski definition) is 6. The molecule has 0 bridgehead atoms. The van der Waals surface area contributed by atoms with Gasteiger partial charge in [-0.1, -0.05) is 24.3 Å². The van der Waals surface area contributed by atoms with Crippen LogP contribution in [0.25, 0.3) is 10.2 Å². The van der Waals surface area contributed by atoms with Crippen molar-refractivity contribution < 1.29 is 0 Å². The molecule has 3 N–H and O–H groups in total. The number of nitrogens with one attached hydrogen (secondary N) is 1. The summed E-state index contributed by atoms with van der Waals surface area (Å²) in [6, 6.07) is 6.27. The van der Waals surface area contributed by atoms with E-state index >= 15 is 0 Å². The number of aromatic nitrogens is 2. The summed E-state index contributed by atoms with van der Waals surface area (Å²) in [5.74, 6) is 0. The van der Waals surface area contributed by atoms with Crippen molar-refractivity contribution in [3.8, 4) is 0 Å². The van der Waals surface area contributed by atoms with E-state index in [4.69, 9.17) is 5.73 Å². The topological polar surface area (TPSA) is 63.8 Å². The second-order valence-electron chi connectivity index (χ2n) is 4.53. The molecule has 20 heavy (non-hydrogen) atoms. The van der Waals surface area contributed by atoms with Crippen LogP contribution in [0.15, 0.2) is 24.4 Å². The number of anilines is 1. The number of benzene rings is 1. The van der Waals surface area contributed by atoms with Gasteiger partial charge in [0.1, 0.15) is 5.01 Å². The highest BCUT2D eigenvalue weighted by Crippen LogP contribution is 2.24. The van der Waals surface area contributed by atoms with Crippen molar-refractivity contribution in [3.05, 3.63) is 39.8 Å². The Hall–Kier alpha value is -1.50. The summed E-state index contributed by atoms with van der Waals surface area (Å²) in [6.07, 6.45) is 3.02. The summed E-state index contributed by atoms with van der Waals surface area (Å²) in [5.41, 5.74) is 7.94. The maximum atomic E-state index is 5.72. The Labute approximate surface area is 125 Å². The van der Waals surface area contributed by atoms with Crippen LogP contribution < -0.4 is 11.1 Å². The van der Waals surface area contributed by atoms with Crippen LogP contribution in [0.4, 0.5) is 5.13 Å². The molecule has 3 rings (SSSR count). The van der Waals surface area contributed by atoms with Gasteiger partial charge in [0.2, 0.25) is 0 Å². The molecule has 0 radical (unpaired) electrons. The number of nitrogens with zero attached hydrogens (tertiary/aromatic N) is 2. The normalized spacial score (nSPS) is 11.2. The predicted octanol–water partition coefficient (Wildman–Crippen LogP) is 3.19. The van der Waals surface area contributed by atoms with Crippen LogP contribution in [0, 0.1) is 0 Å². The monoisotopic (exact) mass is 304 g/mol. The molecule has 0 fully saturated rings. The number of nitrogens with two attached hydrogens (primary N) is 1. The molecular formula is C14H16N4S2. The lowest BCUT2D eigenvalue weighted by molar-refractivity contribution is 0.690. The third-order valence-electron chi connectivity index (χ3n) is 3.02. The van der Waals surface area contributed by atoms with Gasteiger partial charge in [0.15, 0.2) is 5.13 Å². The van der Waals surface area contributed by atoms with Crippen LogP contribution in [-0.4, -0.2) is 9.97 Å². The molecule has 4 nitrogen and oxygen atoms in total. The van der Waals surface area contributed by atoms with E-state index < -0.39 is 0 Å². The molecule has 6 heteroatoms. The first-order valence-electron chi connectivity index (χ1n) is 6.54. The zero-order valence-electron chi connectivity index (χ0n) is 11.2. The minimum absolute atomic E-state index is 0.625. The van der Waals surface area contributed by atoms with E-state index in [1.54, 1.807) is 11.3 Å². The van der Waals surface area contributed by atoms with E-state index in [0.29, 0.717) is 5.13 Å². The fraction of sp³-hybridized carbons (Fsp3) is 0.286. The lowest BCUT2D eigenvalue weighted by atomic mass is 10.2. The average Bonchev–Trinajstić information content (AvgIpc) is 3.03. The quantitative estimate of drug-likeness (QED) is 0.760. The van der Waals surface area contributed by atoms with Crippen LogP contribution in [0.2, 0.25) is 0 Å². The van der Waals surface area contributed by atoms with E-state index in [0.717, 1.165) is 34.7 Å². The summed E-state index contributed by atoms with van der Waals surface area (Å²) in [6.45, 7) is 3.79. The van der Waals surface area contributed by atoms with Crippen LogP contribution in [0.1, 0.15) is 22.4 Å². The summed E-state index contributed by atoms with van der Waals surface area (Å²) >= 11 is 3.31. The lowest BCUT2D eigenvalue weighted by Gasteiger charge is -2.02. The molecule has 0 amide bonds. The van der Waals surface area contributed by atoms with Gasteiger partial charge in [-0.25, -0.2) is 9.97 Å². The van der Waals surface area contributed by atoms with Crippen molar-refractivity contribution in [3.63, 3.8) is 0 Å². The molecule has 0 aliphatic rings. The van der Waals surface area contributed by atoms with Gasteiger partial charge in [0, 0.05) is 24.2 Å². The van der Waals surface area contributed by atoms with Crippen molar-refractivity contribution in [2.45, 2.75) is 26.4 Å². The summed E-state index contributed by atoms with van der Waals surface area (Å²) < 4.78 is 1.14. The van der Waals surface area contributed by atoms with Gasteiger partial charge in [0.05, 0.1) is 10.2 Å². The molecule has 2 aromatic heterocycles. The molecule has 1 aromatic carbocycles. The summed E-state index contributed by atoms with van der Waals surface area (Å²) in [4.78, 5) is 10.0. The molecule has 0 saturated heterocycles. The van der Waals surface area contributed by atoms with E-state index in [2.05, 4.69) is 34.3 Å². The predicted molar refractivity (Wildman–Crippen MR) is 86.1 cm³/mol. The van der Waals surface area contributed by atoms with Crippen LogP contribution in [0.3, 0.4) is 0 Å². The summed E-state index contributed by atoms with van der Waals surface area (Å²) in [7, 11) is 0. The molecular weight excluding hydrogens is 288 g/mol. The van der Waals surface area contributed by atoms with Crippen molar-refractivity contribution in [2.75, 3.05) is 5.73 Å². The standard InChI is InChI=1S/C14H16N4S2/c1-2-10-7-17-13(19-10)8-16-6-9-3-4-11-12(5-9)20-14(15)18-11/h3-5,7,16H,2,6,8H2,1H3,(H2,15,18). The number of fused-ring (bicyclic) bond motifs is 1. The van der Waals surface area contributed by atoms with Gasteiger partial charge in [-0.2, -0.15) is 0 Å². The van der Waals surface area contributed by atoms with Crippen LogP contribution in [0.5, 0.6) is 0 Å². The van der Waals surface area contributed by atoms with Gasteiger partial charge in [-0.05, 0) is 24.1 Å². The van der Waals surface area contributed by atoms with E-state index in [-0.39, 0.29) is 0 Å². The first kappa shape index (κ1) is 13.5. The third kappa shape index (κ3) is 2.98. The van der Waals surface area contributed by atoms with Crippen molar-refractivity contribution in [2.24, 2.45) is 0 Å². The SMILES string of the molecule is CCc1cnc(CNCc2ccc3nc(N)sc3c2)s1. The Morgan fingerprint density at radius 1 is 1.25 bits per heavy atom. The van der Waals surface area contributed by atoms with Crippen LogP contribution in [-0.2, 0) is 19.5 Å². The largest absolute Gasteiger partial charge is 0.375 e. The Morgan fingerprint density at radius 2 is 2.15 bits per heavy atom. The number of nitrogen functional groups attached to an aromatic ring is 1. The van der Waals surface area contributed by atoms with Gasteiger partial charge >= 0.3 is 0 Å². The average molecular weight is 304 g/mol. The molecule has 0 unspecified atom stereocenters. The Morgan fingerprint density at radius 3 is 2.95 bits per heavy atom. The summed E-state index contributed by atoms with van der Waals surface area (Å²) in [5, 5.41) is 5.20. The van der Waals surface area contributed by atoms with Gasteiger partial charge in [-0.15, -0.1) is 11.3 Å². The Bertz CT molecular complexity index is 717. The molecule has 0 saturated carbocycles. The molecule has 2 heterocycles. The fourth-order valence-corrected chi connectivity index (χ4v) is 3.63. The fourth-order valence-electron chi connectivity index (χ4n) is 2.00. The maximum absolute atomic E-state index is 5.72. The van der Waals surface area contributed by atoms with Gasteiger partial charge < -0.3 is 11.1 Å². The lowest BCUT2D eigenvalue weighted by Crippen LogP contribution is -2.12. The second-order valence-corrected chi connectivity index (χ2v) is 6.79. The highest BCUT2D eigenvalue weighted by Gasteiger charge is 2.03. The molecule has 3 aromatic rings. The first-order chi connectivity index (χ1) is 9.74. The zero-order valence-corrected chi connectivity index (χ0v) is 12.9. The third-order valence-corrected chi connectivity index (χ3v) is 5.01. The second kappa shape index (κ2) is 5.87. The number of aryl methyl sites for hydroxylation is 1. The molecule has 0 aliphatic heterocycles. The molecule has 0 atom stereocenters. The van der Waals surface area contributed by atoms with Gasteiger partial charge in [-0.3, -0.25) is 0 Å². The molecule has 0 aliphatic carbocycles. The van der Waals surface area contributed by atoms with Gasteiger partial charge in [0.25, 0.3) is 0 Å². The zero-order chi connectivity index (χ0) is 13.9. The van der Waals surface area contributed by atoms with Crippen molar-refractivity contribution in [1.29, 1.82) is 0 Å². The van der Waals surface area contributed by atoms with Crippen molar-refractivity contribution in [1.82, 2.24) is 15.3 Å². The highest BCUT2D eigenvalue weighted by molar-refractivity contribution is 7.22. The smallest absolute Gasteiger partial charge is 0.181 e. The maximum Gasteiger partial charge on any atom is 0.181 e. The minimum atomic E-state index is 0.625.